The number of hydrogen-bond acceptors (Lipinski definition) is 1. The molecule has 1 fully saturated rings. The molecule has 1 nitrogen and oxygen atoms in total. The van der Waals surface area contributed by atoms with Crippen LogP contribution in [0, 0.1) is 5.92 Å². The molecule has 1 aliphatic rings. The van der Waals surface area contributed by atoms with Gasteiger partial charge in [-0.25, -0.2) is 0 Å². The summed E-state index contributed by atoms with van der Waals surface area (Å²) in [5, 5.41) is 3.53. The third-order valence-electron chi connectivity index (χ3n) is 2.50. The number of rotatable bonds is 4. The van der Waals surface area contributed by atoms with Gasteiger partial charge in [-0.05, 0) is 31.7 Å². The van der Waals surface area contributed by atoms with Gasteiger partial charge in [0.1, 0.15) is 0 Å². The Morgan fingerprint density at radius 2 is 2.00 bits per heavy atom. The van der Waals surface area contributed by atoms with E-state index in [9.17, 15) is 0 Å². The lowest BCUT2D eigenvalue weighted by atomic mass is 10.0. The molecule has 0 bridgehead atoms. The van der Waals surface area contributed by atoms with E-state index in [1.807, 2.05) is 13.8 Å². The average Bonchev–Trinajstić information content (AvgIpc) is 2.60. The summed E-state index contributed by atoms with van der Waals surface area (Å²) < 4.78 is 0. The van der Waals surface area contributed by atoms with E-state index in [1.54, 1.807) is 0 Å². The van der Waals surface area contributed by atoms with Gasteiger partial charge in [-0.3, -0.25) is 0 Å². The van der Waals surface area contributed by atoms with E-state index in [-0.39, 0.29) is 0 Å². The molecular formula is C12H27N. The highest BCUT2D eigenvalue weighted by Gasteiger charge is 2.12. The van der Waals surface area contributed by atoms with Gasteiger partial charge >= 0.3 is 0 Å². The van der Waals surface area contributed by atoms with Crippen molar-refractivity contribution in [2.75, 3.05) is 6.54 Å². The highest BCUT2D eigenvalue weighted by molar-refractivity contribution is 4.73. The van der Waals surface area contributed by atoms with Crippen LogP contribution in [0.3, 0.4) is 0 Å². The Bertz CT molecular complexity index is 93.3. The minimum Gasteiger partial charge on any atom is -0.314 e. The normalized spacial score (nSPS) is 21.5. The molecule has 1 aliphatic heterocycles. The minimum absolute atomic E-state index is 0.855. The lowest BCUT2D eigenvalue weighted by molar-refractivity contribution is 0.476. The third-order valence-corrected chi connectivity index (χ3v) is 2.50. The molecule has 1 heterocycles. The Labute approximate surface area is 84.3 Å². The molecule has 0 aliphatic carbocycles. The second kappa shape index (κ2) is 8.55. The number of hydrogen-bond donors (Lipinski definition) is 1. The molecule has 0 aromatic rings. The van der Waals surface area contributed by atoms with Gasteiger partial charge in [0, 0.05) is 6.04 Å². The average molecular weight is 185 g/mol. The maximum atomic E-state index is 3.53. The van der Waals surface area contributed by atoms with Crippen molar-refractivity contribution >= 4 is 0 Å². The quantitative estimate of drug-likeness (QED) is 0.706. The second-order valence-electron chi connectivity index (χ2n) is 4.12. The molecule has 0 aromatic heterocycles. The highest BCUT2D eigenvalue weighted by atomic mass is 14.9. The minimum atomic E-state index is 0.855. The van der Waals surface area contributed by atoms with E-state index >= 15 is 0 Å². The van der Waals surface area contributed by atoms with Crippen LogP contribution in [0.25, 0.3) is 0 Å². The van der Waals surface area contributed by atoms with E-state index in [1.165, 1.54) is 38.6 Å². The zero-order valence-electron chi connectivity index (χ0n) is 9.90. The molecule has 13 heavy (non-hydrogen) atoms. The fraction of sp³-hybridized carbons (Fsp3) is 1.00. The van der Waals surface area contributed by atoms with Crippen molar-refractivity contribution < 1.29 is 0 Å². The molecule has 1 unspecified atom stereocenters. The van der Waals surface area contributed by atoms with Gasteiger partial charge in [-0.1, -0.05) is 40.5 Å². The Kier molecular flexibility index (Phi) is 8.53. The largest absolute Gasteiger partial charge is 0.314 e. The monoisotopic (exact) mass is 185 g/mol. The van der Waals surface area contributed by atoms with Crippen LogP contribution in [0.5, 0.6) is 0 Å². The van der Waals surface area contributed by atoms with Gasteiger partial charge in [0.05, 0.1) is 0 Å². The first-order valence-corrected chi connectivity index (χ1v) is 6.02. The Balaban J connectivity index is 0.000000671. The molecule has 1 atom stereocenters. The van der Waals surface area contributed by atoms with E-state index in [4.69, 9.17) is 0 Å². The van der Waals surface area contributed by atoms with Gasteiger partial charge in [0.15, 0.2) is 0 Å². The summed E-state index contributed by atoms with van der Waals surface area (Å²) in [7, 11) is 0. The van der Waals surface area contributed by atoms with Crippen LogP contribution >= 0.6 is 0 Å². The summed E-state index contributed by atoms with van der Waals surface area (Å²) in [6, 6.07) is 0.855. The third kappa shape index (κ3) is 7.06. The standard InChI is InChI=1S/C10H21N.C2H6/c1-9(2)5-3-6-10-7-4-8-11-10;1-2/h9-11H,3-8H2,1-2H3;1-2H3. The van der Waals surface area contributed by atoms with Crippen molar-refractivity contribution in [3.05, 3.63) is 0 Å². The van der Waals surface area contributed by atoms with Crippen LogP contribution in [-0.4, -0.2) is 12.6 Å². The fourth-order valence-electron chi connectivity index (χ4n) is 1.78. The van der Waals surface area contributed by atoms with E-state index in [2.05, 4.69) is 19.2 Å². The summed E-state index contributed by atoms with van der Waals surface area (Å²) in [6.07, 6.45) is 7.02. The SMILES string of the molecule is CC.CC(C)CCCC1CCCN1. The molecule has 0 radical (unpaired) electrons. The Morgan fingerprint density at radius 1 is 1.31 bits per heavy atom. The van der Waals surface area contributed by atoms with Crippen LogP contribution in [0.4, 0.5) is 0 Å². The first kappa shape index (κ1) is 13.0. The van der Waals surface area contributed by atoms with Crippen LogP contribution in [0.15, 0.2) is 0 Å². The first-order chi connectivity index (χ1) is 6.29. The zero-order chi connectivity index (χ0) is 10.1. The first-order valence-electron chi connectivity index (χ1n) is 6.02. The van der Waals surface area contributed by atoms with E-state index in [0.29, 0.717) is 0 Å². The molecule has 1 saturated heterocycles. The molecule has 0 amide bonds. The molecule has 1 N–H and O–H groups in total. The summed E-state index contributed by atoms with van der Waals surface area (Å²) in [4.78, 5) is 0. The van der Waals surface area contributed by atoms with Crippen molar-refractivity contribution in [2.24, 2.45) is 5.92 Å². The summed E-state index contributed by atoms with van der Waals surface area (Å²) >= 11 is 0. The van der Waals surface area contributed by atoms with Crippen LogP contribution < -0.4 is 5.32 Å². The lowest BCUT2D eigenvalue weighted by Crippen LogP contribution is -2.20. The van der Waals surface area contributed by atoms with Crippen molar-refractivity contribution in [1.29, 1.82) is 0 Å². The molecule has 0 saturated carbocycles. The smallest absolute Gasteiger partial charge is 0.00675 e. The fourth-order valence-corrected chi connectivity index (χ4v) is 1.78. The topological polar surface area (TPSA) is 12.0 Å². The maximum absolute atomic E-state index is 3.53. The van der Waals surface area contributed by atoms with Gasteiger partial charge in [-0.2, -0.15) is 0 Å². The van der Waals surface area contributed by atoms with Gasteiger partial charge < -0.3 is 5.32 Å². The van der Waals surface area contributed by atoms with E-state index in [0.717, 1.165) is 12.0 Å². The number of nitrogens with one attached hydrogen (secondary N) is 1. The maximum Gasteiger partial charge on any atom is 0.00675 e. The predicted octanol–water partition coefficient (Wildman–Crippen LogP) is 3.59. The molecule has 1 heteroatoms. The molecule has 0 aromatic carbocycles. The predicted molar refractivity (Wildman–Crippen MR) is 61.1 cm³/mol. The van der Waals surface area contributed by atoms with Crippen molar-refractivity contribution in [3.63, 3.8) is 0 Å². The van der Waals surface area contributed by atoms with Crippen LogP contribution in [0.1, 0.15) is 59.8 Å². The van der Waals surface area contributed by atoms with E-state index < -0.39 is 0 Å². The highest BCUT2D eigenvalue weighted by Crippen LogP contribution is 2.14. The van der Waals surface area contributed by atoms with Crippen LogP contribution in [-0.2, 0) is 0 Å². The Morgan fingerprint density at radius 3 is 2.46 bits per heavy atom. The Hall–Kier alpha value is -0.0400. The van der Waals surface area contributed by atoms with Crippen molar-refractivity contribution in [3.8, 4) is 0 Å². The van der Waals surface area contributed by atoms with Gasteiger partial charge in [-0.15, -0.1) is 0 Å². The van der Waals surface area contributed by atoms with Gasteiger partial charge in [0.25, 0.3) is 0 Å². The molecule has 0 spiro atoms. The second-order valence-corrected chi connectivity index (χ2v) is 4.12. The molecule has 1 rings (SSSR count). The van der Waals surface area contributed by atoms with Gasteiger partial charge in [0.2, 0.25) is 0 Å². The summed E-state index contributed by atoms with van der Waals surface area (Å²) in [6.45, 7) is 9.87. The molecular weight excluding hydrogens is 158 g/mol. The van der Waals surface area contributed by atoms with Crippen LogP contribution in [0.2, 0.25) is 0 Å². The van der Waals surface area contributed by atoms with Crippen molar-refractivity contribution in [2.45, 2.75) is 65.8 Å². The van der Waals surface area contributed by atoms with Crippen molar-refractivity contribution in [1.82, 2.24) is 5.32 Å². The summed E-state index contributed by atoms with van der Waals surface area (Å²) in [5.74, 6) is 0.886. The lowest BCUT2D eigenvalue weighted by Gasteiger charge is -2.10. The molecule has 80 valence electrons. The summed E-state index contributed by atoms with van der Waals surface area (Å²) in [5.41, 5.74) is 0. The zero-order valence-corrected chi connectivity index (χ0v) is 9.90.